The second-order valence-electron chi connectivity index (χ2n) is 5.93. The van der Waals surface area contributed by atoms with Crippen LogP contribution >= 0.6 is 11.8 Å². The van der Waals surface area contributed by atoms with Crippen LogP contribution in [0, 0.1) is 0 Å². The van der Waals surface area contributed by atoms with Gasteiger partial charge in [0.05, 0.1) is 0 Å². The number of carbonyl (C=O) groups excluding carboxylic acids is 2. The maximum absolute atomic E-state index is 12.4. The van der Waals surface area contributed by atoms with Gasteiger partial charge in [0.15, 0.2) is 0 Å². The average molecular weight is 386 g/mol. The van der Waals surface area contributed by atoms with Crippen LogP contribution in [0.15, 0.2) is 35.2 Å². The Bertz CT molecular complexity index is 659. The first kappa shape index (κ1) is 20.4. The van der Waals surface area contributed by atoms with Crippen LogP contribution in [0.2, 0.25) is 0 Å². The molecule has 0 saturated carbocycles. The van der Waals surface area contributed by atoms with Gasteiger partial charge in [-0.1, -0.05) is 19.1 Å². The molecular formula is C18H21F3N2O2S. The summed E-state index contributed by atoms with van der Waals surface area (Å²) in [6, 6.07) is 5.31. The van der Waals surface area contributed by atoms with Crippen LogP contribution in [0.3, 0.4) is 0 Å². The van der Waals surface area contributed by atoms with Gasteiger partial charge in [-0.3, -0.25) is 9.59 Å². The van der Waals surface area contributed by atoms with Gasteiger partial charge in [0.1, 0.15) is 6.04 Å². The summed E-state index contributed by atoms with van der Waals surface area (Å²) in [5.74, 6) is -0.410. The lowest BCUT2D eigenvalue weighted by molar-refractivity contribution is -0.135. The highest BCUT2D eigenvalue weighted by Crippen LogP contribution is 2.36. The van der Waals surface area contributed by atoms with E-state index in [9.17, 15) is 22.8 Å². The number of thioether (sulfide) groups is 1. The summed E-state index contributed by atoms with van der Waals surface area (Å²) in [4.78, 5) is 26.1. The number of nitrogens with zero attached hydrogens (tertiary/aromatic N) is 1. The molecule has 1 aliphatic heterocycles. The van der Waals surface area contributed by atoms with E-state index in [1.165, 1.54) is 35.2 Å². The normalized spacial score (nSPS) is 17.7. The molecule has 2 rings (SSSR count). The fourth-order valence-corrected chi connectivity index (χ4v) is 3.25. The summed E-state index contributed by atoms with van der Waals surface area (Å²) in [5.41, 5.74) is -3.70. The molecule has 1 atom stereocenters. The molecule has 1 aromatic rings. The van der Waals surface area contributed by atoms with E-state index in [0.717, 1.165) is 12.8 Å². The Morgan fingerprint density at radius 1 is 1.31 bits per heavy atom. The number of rotatable bonds is 6. The largest absolute Gasteiger partial charge is 0.446 e. The smallest absolute Gasteiger partial charge is 0.354 e. The fourth-order valence-electron chi connectivity index (χ4n) is 2.71. The molecule has 0 aromatic heterocycles. The molecule has 1 N–H and O–H groups in total. The van der Waals surface area contributed by atoms with Crippen molar-refractivity contribution >= 4 is 29.7 Å². The highest BCUT2D eigenvalue weighted by atomic mass is 32.2. The molecule has 2 amide bonds. The van der Waals surface area contributed by atoms with E-state index >= 15 is 0 Å². The molecule has 0 spiro atoms. The van der Waals surface area contributed by atoms with Gasteiger partial charge in [0.2, 0.25) is 11.8 Å². The van der Waals surface area contributed by atoms with Gasteiger partial charge in [0.25, 0.3) is 0 Å². The van der Waals surface area contributed by atoms with Crippen molar-refractivity contribution in [2.75, 3.05) is 13.1 Å². The molecule has 1 unspecified atom stereocenters. The minimum Gasteiger partial charge on any atom is -0.354 e. The molecule has 26 heavy (non-hydrogen) atoms. The standard InChI is InChI=1S/C18H21F3N2O2S/c1-2-11-22-17(25)15-4-3-12-23(15)16(24)10-7-13-5-8-14(9-6-13)26-18(19,20)21/h5-10,15H,2-4,11-12H2,1H3,(H,22,25)/b10-7+. The van der Waals surface area contributed by atoms with Crippen molar-refractivity contribution in [2.45, 2.75) is 42.6 Å². The highest BCUT2D eigenvalue weighted by molar-refractivity contribution is 8.00. The maximum atomic E-state index is 12.4. The first-order valence-electron chi connectivity index (χ1n) is 8.42. The van der Waals surface area contributed by atoms with Crippen LogP contribution in [0.4, 0.5) is 13.2 Å². The van der Waals surface area contributed by atoms with Crippen molar-refractivity contribution in [1.82, 2.24) is 10.2 Å². The Kier molecular flexibility index (Phi) is 7.14. The molecule has 0 radical (unpaired) electrons. The number of benzene rings is 1. The van der Waals surface area contributed by atoms with Crippen LogP contribution in [0.25, 0.3) is 6.08 Å². The van der Waals surface area contributed by atoms with Gasteiger partial charge in [0, 0.05) is 24.1 Å². The van der Waals surface area contributed by atoms with Gasteiger partial charge in [-0.05, 0) is 54.8 Å². The second kappa shape index (κ2) is 9.12. The minimum atomic E-state index is -4.32. The molecule has 142 valence electrons. The summed E-state index contributed by atoms with van der Waals surface area (Å²) in [6.07, 6.45) is 5.14. The quantitative estimate of drug-likeness (QED) is 0.597. The lowest BCUT2D eigenvalue weighted by Crippen LogP contribution is -2.45. The summed E-state index contributed by atoms with van der Waals surface area (Å²) in [7, 11) is 0. The number of halogens is 3. The molecule has 1 fully saturated rings. The molecule has 0 aliphatic carbocycles. The number of hydrogen-bond acceptors (Lipinski definition) is 3. The van der Waals surface area contributed by atoms with Crippen LogP contribution in [-0.4, -0.2) is 41.4 Å². The summed E-state index contributed by atoms with van der Waals surface area (Å²) < 4.78 is 36.9. The van der Waals surface area contributed by atoms with Crippen molar-refractivity contribution in [2.24, 2.45) is 0 Å². The zero-order valence-corrected chi connectivity index (χ0v) is 15.2. The molecule has 1 aliphatic rings. The fraction of sp³-hybridized carbons (Fsp3) is 0.444. The van der Waals surface area contributed by atoms with Gasteiger partial charge < -0.3 is 10.2 Å². The van der Waals surface area contributed by atoms with Crippen molar-refractivity contribution in [3.63, 3.8) is 0 Å². The van der Waals surface area contributed by atoms with Gasteiger partial charge in [-0.2, -0.15) is 13.2 Å². The monoisotopic (exact) mass is 386 g/mol. The molecule has 8 heteroatoms. The Labute approximate surface area is 154 Å². The van der Waals surface area contributed by atoms with Crippen LogP contribution in [0.5, 0.6) is 0 Å². The molecule has 4 nitrogen and oxygen atoms in total. The van der Waals surface area contributed by atoms with Crippen molar-refractivity contribution in [3.8, 4) is 0 Å². The number of alkyl halides is 3. The average Bonchev–Trinajstić information content (AvgIpc) is 3.07. The molecule has 0 bridgehead atoms. The van der Waals surface area contributed by atoms with Crippen molar-refractivity contribution in [1.29, 1.82) is 0 Å². The second-order valence-corrected chi connectivity index (χ2v) is 7.07. The topological polar surface area (TPSA) is 49.4 Å². The number of nitrogens with one attached hydrogen (secondary N) is 1. The molecular weight excluding hydrogens is 365 g/mol. The molecule has 1 heterocycles. The summed E-state index contributed by atoms with van der Waals surface area (Å²) in [5, 5.41) is 2.81. The predicted octanol–water partition coefficient (Wildman–Crippen LogP) is 3.83. The summed E-state index contributed by atoms with van der Waals surface area (Å²) >= 11 is -0.180. The van der Waals surface area contributed by atoms with Crippen LogP contribution in [0.1, 0.15) is 31.7 Å². The van der Waals surface area contributed by atoms with E-state index in [1.807, 2.05) is 6.92 Å². The van der Waals surface area contributed by atoms with Gasteiger partial charge in [-0.25, -0.2) is 0 Å². The lowest BCUT2D eigenvalue weighted by atomic mass is 10.2. The zero-order chi connectivity index (χ0) is 19.2. The number of hydrogen-bond donors (Lipinski definition) is 1. The first-order chi connectivity index (χ1) is 12.3. The lowest BCUT2D eigenvalue weighted by Gasteiger charge is -2.22. The van der Waals surface area contributed by atoms with Crippen molar-refractivity contribution in [3.05, 3.63) is 35.9 Å². The van der Waals surface area contributed by atoms with Crippen molar-refractivity contribution < 1.29 is 22.8 Å². The predicted molar refractivity (Wildman–Crippen MR) is 95.4 cm³/mol. The third kappa shape index (κ3) is 6.09. The van der Waals surface area contributed by atoms with Crippen LogP contribution in [-0.2, 0) is 9.59 Å². The van der Waals surface area contributed by atoms with Gasteiger partial charge >= 0.3 is 5.51 Å². The molecule has 1 aromatic carbocycles. The van der Waals surface area contributed by atoms with E-state index in [2.05, 4.69) is 5.32 Å². The van der Waals surface area contributed by atoms with E-state index in [1.54, 1.807) is 6.08 Å². The van der Waals surface area contributed by atoms with E-state index < -0.39 is 11.6 Å². The third-order valence-electron chi connectivity index (χ3n) is 3.92. The third-order valence-corrected chi connectivity index (χ3v) is 4.66. The summed E-state index contributed by atoms with van der Waals surface area (Å²) in [6.45, 7) is 3.06. The number of likely N-dealkylation sites (tertiary alicyclic amines) is 1. The Morgan fingerprint density at radius 2 is 2.00 bits per heavy atom. The van der Waals surface area contributed by atoms with E-state index in [4.69, 9.17) is 0 Å². The number of carbonyl (C=O) groups is 2. The minimum absolute atomic E-state index is 0.0909. The van der Waals surface area contributed by atoms with Crippen LogP contribution < -0.4 is 5.32 Å². The Hall–Kier alpha value is -1.96. The zero-order valence-electron chi connectivity index (χ0n) is 14.4. The highest BCUT2D eigenvalue weighted by Gasteiger charge is 2.32. The molecule has 1 saturated heterocycles. The van der Waals surface area contributed by atoms with E-state index in [0.29, 0.717) is 25.1 Å². The Balaban J connectivity index is 1.96. The van der Waals surface area contributed by atoms with E-state index in [-0.39, 0.29) is 28.5 Å². The number of amides is 2. The first-order valence-corrected chi connectivity index (χ1v) is 9.24. The van der Waals surface area contributed by atoms with Gasteiger partial charge in [-0.15, -0.1) is 0 Å². The maximum Gasteiger partial charge on any atom is 0.446 e. The Morgan fingerprint density at radius 3 is 2.62 bits per heavy atom. The SMILES string of the molecule is CCCNC(=O)C1CCCN1C(=O)/C=C/c1ccc(SC(F)(F)F)cc1.